The van der Waals surface area contributed by atoms with E-state index in [4.69, 9.17) is 4.98 Å². The Morgan fingerprint density at radius 1 is 1.07 bits per heavy atom. The van der Waals surface area contributed by atoms with Gasteiger partial charge in [0.1, 0.15) is 22.3 Å². The molecule has 210 valence electrons. The number of rotatable bonds is 8. The highest BCUT2D eigenvalue weighted by Crippen LogP contribution is 2.43. The van der Waals surface area contributed by atoms with E-state index in [1.54, 1.807) is 13.2 Å². The minimum absolute atomic E-state index is 0.0891. The number of hydrogen-bond acceptors (Lipinski definition) is 7. The van der Waals surface area contributed by atoms with Crippen LogP contribution < -0.4 is 10.0 Å². The van der Waals surface area contributed by atoms with Crippen LogP contribution in [0.1, 0.15) is 30.7 Å². The summed E-state index contributed by atoms with van der Waals surface area (Å²) >= 11 is 1.49. The molecule has 5 rings (SSSR count). The van der Waals surface area contributed by atoms with Gasteiger partial charge in [-0.1, -0.05) is 13.0 Å². The van der Waals surface area contributed by atoms with Gasteiger partial charge in [-0.05, 0) is 80.5 Å². The predicted molar refractivity (Wildman–Crippen MR) is 152 cm³/mol. The number of halogens is 3. The fourth-order valence-corrected chi connectivity index (χ4v) is 7.17. The van der Waals surface area contributed by atoms with Gasteiger partial charge in [0, 0.05) is 24.7 Å². The maximum absolute atomic E-state index is 16.0. The monoisotopic (exact) mass is 587 g/mol. The zero-order valence-corrected chi connectivity index (χ0v) is 23.6. The van der Waals surface area contributed by atoms with E-state index in [2.05, 4.69) is 26.8 Å². The average Bonchev–Trinajstić information content (AvgIpc) is 3.40. The summed E-state index contributed by atoms with van der Waals surface area (Å²) in [5.41, 5.74) is 0.854. The van der Waals surface area contributed by atoms with E-state index in [1.165, 1.54) is 29.5 Å². The van der Waals surface area contributed by atoms with Crippen molar-refractivity contribution in [2.24, 2.45) is 0 Å². The molecule has 7 nitrogen and oxygen atoms in total. The number of hydrogen-bond donors (Lipinski definition) is 2. The Balaban J connectivity index is 1.57. The Bertz CT molecular complexity index is 1640. The number of nitrogens with zero attached hydrogens (tertiary/aromatic N) is 3. The van der Waals surface area contributed by atoms with Crippen molar-refractivity contribution in [1.29, 1.82) is 0 Å². The van der Waals surface area contributed by atoms with E-state index in [9.17, 15) is 17.2 Å². The molecule has 1 fully saturated rings. The molecule has 0 spiro atoms. The maximum Gasteiger partial charge on any atom is 0.265 e. The molecule has 0 unspecified atom stereocenters. The molecule has 0 atom stereocenters. The van der Waals surface area contributed by atoms with E-state index in [-0.39, 0.29) is 11.5 Å². The number of pyridine rings is 1. The third-order valence-electron chi connectivity index (χ3n) is 6.99. The van der Waals surface area contributed by atoms with Gasteiger partial charge in [-0.15, -0.1) is 11.3 Å². The molecular formula is C28H28F3N5O2S2. The second-order valence-electron chi connectivity index (χ2n) is 9.47. The van der Waals surface area contributed by atoms with Crippen molar-refractivity contribution in [3.63, 3.8) is 0 Å². The van der Waals surface area contributed by atoms with Crippen LogP contribution in [0, 0.1) is 17.5 Å². The lowest BCUT2D eigenvalue weighted by Crippen LogP contribution is -2.32. The van der Waals surface area contributed by atoms with Crippen molar-refractivity contribution in [3.8, 4) is 21.7 Å². The Morgan fingerprint density at radius 2 is 1.85 bits per heavy atom. The second kappa shape index (κ2) is 11.6. The van der Waals surface area contributed by atoms with Gasteiger partial charge in [0.25, 0.3) is 10.0 Å². The first-order chi connectivity index (χ1) is 19.2. The minimum Gasteiger partial charge on any atom is -0.373 e. The predicted octanol–water partition coefficient (Wildman–Crippen LogP) is 6.33. The van der Waals surface area contributed by atoms with Crippen LogP contribution >= 0.6 is 11.3 Å². The van der Waals surface area contributed by atoms with Gasteiger partial charge >= 0.3 is 0 Å². The number of piperidine rings is 1. The molecule has 0 radical (unpaired) electrons. The number of benzene rings is 2. The molecule has 2 N–H and O–H groups in total. The van der Waals surface area contributed by atoms with E-state index >= 15 is 4.39 Å². The fraction of sp³-hybridized carbons (Fsp3) is 0.286. The van der Waals surface area contributed by atoms with Crippen molar-refractivity contribution in [1.82, 2.24) is 14.9 Å². The first kappa shape index (κ1) is 28.1. The summed E-state index contributed by atoms with van der Waals surface area (Å²) in [5.74, 6) is -2.10. The quantitative estimate of drug-likeness (QED) is 0.251. The largest absolute Gasteiger partial charge is 0.373 e. The minimum atomic E-state index is -4.62. The second-order valence-corrected chi connectivity index (χ2v) is 12.1. The SMILES string of the molecule is CCN1CCC(c2nc(-c3cccc(NS(=O)(=O)c4cc(F)ccc4F)c3F)c(-c3ccnc(NC)c3)s2)CC1. The molecule has 2 aromatic carbocycles. The third kappa shape index (κ3) is 5.70. The molecule has 12 heteroatoms. The van der Waals surface area contributed by atoms with Gasteiger partial charge in [0.05, 0.1) is 21.3 Å². The molecule has 3 heterocycles. The molecule has 40 heavy (non-hydrogen) atoms. The topological polar surface area (TPSA) is 87.2 Å². The standard InChI is InChI=1S/C28H28F3N5O2S2/c1-3-36-13-10-17(11-14-36)28-34-26(27(39-28)18-9-12-33-24(15-18)32-2)20-5-4-6-22(25(20)31)35-40(37,38)23-16-19(29)7-8-21(23)30/h4-9,12,15-17,35H,3,10-11,13-14H2,1-2H3,(H,32,33). The fourth-order valence-electron chi connectivity index (χ4n) is 4.77. The highest BCUT2D eigenvalue weighted by molar-refractivity contribution is 7.92. The number of likely N-dealkylation sites (tertiary alicyclic amines) is 1. The normalized spacial score (nSPS) is 14.8. The Morgan fingerprint density at radius 3 is 2.58 bits per heavy atom. The van der Waals surface area contributed by atoms with Gasteiger partial charge in [0.15, 0.2) is 5.82 Å². The van der Waals surface area contributed by atoms with Crippen LogP contribution in [0.25, 0.3) is 21.7 Å². The molecule has 0 aliphatic carbocycles. The zero-order valence-electron chi connectivity index (χ0n) is 21.9. The first-order valence-corrected chi connectivity index (χ1v) is 15.1. The number of thiazole rings is 1. The van der Waals surface area contributed by atoms with Crippen LogP contribution in [0.4, 0.5) is 24.7 Å². The van der Waals surface area contributed by atoms with Crippen LogP contribution in [0.15, 0.2) is 59.6 Å². The summed E-state index contributed by atoms with van der Waals surface area (Å²) in [5, 5.41) is 3.89. The number of nitrogens with one attached hydrogen (secondary N) is 2. The maximum atomic E-state index is 16.0. The van der Waals surface area contributed by atoms with Gasteiger partial charge in [-0.25, -0.2) is 31.6 Å². The van der Waals surface area contributed by atoms with Crippen molar-refractivity contribution in [2.75, 3.05) is 36.7 Å². The van der Waals surface area contributed by atoms with Crippen LogP contribution in [-0.4, -0.2) is 50.0 Å². The molecule has 1 saturated heterocycles. The Hall–Kier alpha value is -3.48. The molecule has 4 aromatic rings. The van der Waals surface area contributed by atoms with Crippen molar-refractivity contribution in [2.45, 2.75) is 30.6 Å². The summed E-state index contributed by atoms with van der Waals surface area (Å²) in [6.45, 7) is 5.02. The lowest BCUT2D eigenvalue weighted by Gasteiger charge is -2.29. The summed E-state index contributed by atoms with van der Waals surface area (Å²) < 4.78 is 71.8. The van der Waals surface area contributed by atoms with E-state index in [0.717, 1.165) is 54.0 Å². The summed E-state index contributed by atoms with van der Waals surface area (Å²) in [6.07, 6.45) is 3.51. The molecular weight excluding hydrogens is 559 g/mol. The average molecular weight is 588 g/mol. The summed E-state index contributed by atoms with van der Waals surface area (Å²) in [7, 11) is -2.87. The smallest absolute Gasteiger partial charge is 0.265 e. The van der Waals surface area contributed by atoms with Crippen LogP contribution in [0.2, 0.25) is 0 Å². The van der Waals surface area contributed by atoms with Crippen molar-refractivity contribution < 1.29 is 21.6 Å². The highest BCUT2D eigenvalue weighted by atomic mass is 32.2. The molecule has 0 saturated carbocycles. The molecule has 1 aliphatic rings. The van der Waals surface area contributed by atoms with Crippen molar-refractivity contribution in [3.05, 3.63) is 77.2 Å². The van der Waals surface area contributed by atoms with E-state index in [1.807, 2.05) is 12.1 Å². The molecule has 0 bridgehead atoms. The highest BCUT2D eigenvalue weighted by Gasteiger charge is 2.28. The third-order valence-corrected chi connectivity index (χ3v) is 9.63. The van der Waals surface area contributed by atoms with Crippen LogP contribution in [0.5, 0.6) is 0 Å². The van der Waals surface area contributed by atoms with Gasteiger partial charge < -0.3 is 10.2 Å². The Kier molecular flexibility index (Phi) is 8.11. The van der Waals surface area contributed by atoms with Gasteiger partial charge in [-0.3, -0.25) is 4.72 Å². The molecule has 0 amide bonds. The Labute approximate surface area is 235 Å². The molecule has 1 aliphatic heterocycles. The first-order valence-electron chi connectivity index (χ1n) is 12.8. The van der Waals surface area contributed by atoms with E-state index < -0.39 is 38.1 Å². The van der Waals surface area contributed by atoms with Gasteiger partial charge in [0.2, 0.25) is 0 Å². The van der Waals surface area contributed by atoms with Crippen LogP contribution in [0.3, 0.4) is 0 Å². The number of aromatic nitrogens is 2. The molecule has 2 aromatic heterocycles. The zero-order chi connectivity index (χ0) is 28.4. The van der Waals surface area contributed by atoms with E-state index in [0.29, 0.717) is 23.6 Å². The van der Waals surface area contributed by atoms with Gasteiger partial charge in [-0.2, -0.15) is 0 Å². The lowest BCUT2D eigenvalue weighted by molar-refractivity contribution is 0.222. The number of sulfonamides is 1. The van der Waals surface area contributed by atoms with Crippen LogP contribution in [-0.2, 0) is 10.0 Å². The summed E-state index contributed by atoms with van der Waals surface area (Å²) in [6, 6.07) is 9.98. The number of anilines is 2. The summed E-state index contributed by atoms with van der Waals surface area (Å²) in [4.78, 5) is 11.4. The van der Waals surface area contributed by atoms with Crippen molar-refractivity contribution >= 4 is 32.9 Å². The lowest BCUT2D eigenvalue weighted by atomic mass is 9.97.